The molecule has 0 aliphatic carbocycles. The quantitative estimate of drug-likeness (QED) is 0.619. The smallest absolute Gasteiger partial charge is 0.410 e. The molecule has 0 aromatic rings. The maximum atomic E-state index is 11.1. The van der Waals surface area contributed by atoms with Gasteiger partial charge in [-0.1, -0.05) is 6.08 Å². The molecule has 1 heterocycles. The summed E-state index contributed by atoms with van der Waals surface area (Å²) in [5.41, 5.74) is 5.39. The Hall–Kier alpha value is -1.03. The largest absolute Gasteiger partial charge is 0.447 e. The Kier molecular flexibility index (Phi) is 3.10. The molecule has 1 rings (SSSR count). The Morgan fingerprint density at radius 1 is 1.83 bits per heavy atom. The first-order valence-corrected chi connectivity index (χ1v) is 4.04. The number of rotatable bonds is 4. The van der Waals surface area contributed by atoms with Crippen molar-refractivity contribution in [3.63, 3.8) is 0 Å². The van der Waals surface area contributed by atoms with Gasteiger partial charge in [0.25, 0.3) is 0 Å². The zero-order valence-corrected chi connectivity index (χ0v) is 7.03. The SMILES string of the molecule is C=CCN1C(=O)OCC1CCN. The van der Waals surface area contributed by atoms with E-state index < -0.39 is 0 Å². The maximum absolute atomic E-state index is 11.1. The molecule has 0 radical (unpaired) electrons. The molecule has 1 saturated heterocycles. The van der Waals surface area contributed by atoms with Gasteiger partial charge in [0.2, 0.25) is 0 Å². The fourth-order valence-electron chi connectivity index (χ4n) is 1.28. The van der Waals surface area contributed by atoms with Crippen LogP contribution in [0, 0.1) is 0 Å². The molecule has 1 amide bonds. The topological polar surface area (TPSA) is 55.6 Å². The zero-order chi connectivity index (χ0) is 8.97. The first kappa shape index (κ1) is 9.06. The third kappa shape index (κ3) is 1.76. The molecule has 0 bridgehead atoms. The molecule has 0 spiro atoms. The number of cyclic esters (lactones) is 1. The molecule has 4 nitrogen and oxygen atoms in total. The average molecular weight is 170 g/mol. The van der Waals surface area contributed by atoms with Crippen LogP contribution in [0.1, 0.15) is 6.42 Å². The lowest BCUT2D eigenvalue weighted by atomic mass is 10.2. The molecular formula is C8H14N2O2. The van der Waals surface area contributed by atoms with Crippen molar-refractivity contribution in [2.24, 2.45) is 5.73 Å². The van der Waals surface area contributed by atoms with Gasteiger partial charge in [-0.3, -0.25) is 4.90 Å². The summed E-state index contributed by atoms with van der Waals surface area (Å²) < 4.78 is 4.87. The molecule has 1 aliphatic heterocycles. The van der Waals surface area contributed by atoms with Crippen LogP contribution in [0.15, 0.2) is 12.7 Å². The van der Waals surface area contributed by atoms with Gasteiger partial charge in [0.05, 0.1) is 6.04 Å². The maximum Gasteiger partial charge on any atom is 0.410 e. The number of nitrogens with two attached hydrogens (primary N) is 1. The highest BCUT2D eigenvalue weighted by Gasteiger charge is 2.30. The van der Waals surface area contributed by atoms with Gasteiger partial charge < -0.3 is 10.5 Å². The van der Waals surface area contributed by atoms with Crippen LogP contribution in [0.2, 0.25) is 0 Å². The van der Waals surface area contributed by atoms with Crippen LogP contribution in [-0.4, -0.2) is 36.7 Å². The zero-order valence-electron chi connectivity index (χ0n) is 7.03. The van der Waals surface area contributed by atoms with E-state index in [0.29, 0.717) is 19.7 Å². The van der Waals surface area contributed by atoms with Crippen molar-refractivity contribution in [3.8, 4) is 0 Å². The van der Waals surface area contributed by atoms with Crippen molar-refractivity contribution >= 4 is 6.09 Å². The van der Waals surface area contributed by atoms with Gasteiger partial charge in [-0.05, 0) is 13.0 Å². The van der Waals surface area contributed by atoms with Gasteiger partial charge in [-0.15, -0.1) is 6.58 Å². The molecular weight excluding hydrogens is 156 g/mol. The summed E-state index contributed by atoms with van der Waals surface area (Å²) in [6.45, 7) is 5.16. The lowest BCUT2D eigenvalue weighted by Gasteiger charge is -2.18. The highest BCUT2D eigenvalue weighted by molar-refractivity contribution is 5.70. The van der Waals surface area contributed by atoms with Gasteiger partial charge in [0.1, 0.15) is 6.61 Å². The van der Waals surface area contributed by atoms with Crippen molar-refractivity contribution in [1.82, 2.24) is 4.90 Å². The molecule has 1 fully saturated rings. The number of carbonyl (C=O) groups excluding carboxylic acids is 1. The average Bonchev–Trinajstić information content (AvgIpc) is 2.37. The van der Waals surface area contributed by atoms with E-state index in [9.17, 15) is 4.79 Å². The van der Waals surface area contributed by atoms with Crippen molar-refractivity contribution in [1.29, 1.82) is 0 Å². The minimum absolute atomic E-state index is 0.139. The van der Waals surface area contributed by atoms with E-state index in [1.54, 1.807) is 11.0 Å². The number of hydrogen-bond donors (Lipinski definition) is 1. The predicted molar refractivity (Wildman–Crippen MR) is 45.7 cm³/mol. The van der Waals surface area contributed by atoms with Crippen LogP contribution in [0.5, 0.6) is 0 Å². The van der Waals surface area contributed by atoms with Crippen molar-refractivity contribution in [2.75, 3.05) is 19.7 Å². The van der Waals surface area contributed by atoms with Gasteiger partial charge in [-0.2, -0.15) is 0 Å². The van der Waals surface area contributed by atoms with Crippen molar-refractivity contribution < 1.29 is 9.53 Å². The fourth-order valence-corrected chi connectivity index (χ4v) is 1.28. The molecule has 1 aliphatic rings. The van der Waals surface area contributed by atoms with Crippen molar-refractivity contribution in [3.05, 3.63) is 12.7 Å². The van der Waals surface area contributed by atoms with Gasteiger partial charge >= 0.3 is 6.09 Å². The van der Waals surface area contributed by atoms with Crippen LogP contribution in [0.4, 0.5) is 4.79 Å². The van der Waals surface area contributed by atoms with E-state index in [4.69, 9.17) is 10.5 Å². The Morgan fingerprint density at radius 2 is 2.58 bits per heavy atom. The van der Waals surface area contributed by atoms with Crippen LogP contribution >= 0.6 is 0 Å². The number of carbonyl (C=O) groups is 1. The second-order valence-electron chi connectivity index (χ2n) is 2.75. The third-order valence-corrected chi connectivity index (χ3v) is 1.90. The van der Waals surface area contributed by atoms with Crippen molar-refractivity contribution in [2.45, 2.75) is 12.5 Å². The van der Waals surface area contributed by atoms with E-state index in [1.165, 1.54) is 0 Å². The lowest BCUT2D eigenvalue weighted by molar-refractivity contribution is 0.160. The summed E-state index contributed by atoms with van der Waals surface area (Å²) in [6.07, 6.45) is 2.23. The molecule has 0 aromatic heterocycles. The highest BCUT2D eigenvalue weighted by Crippen LogP contribution is 2.14. The summed E-state index contributed by atoms with van der Waals surface area (Å²) in [4.78, 5) is 12.7. The second kappa shape index (κ2) is 4.11. The summed E-state index contributed by atoms with van der Waals surface area (Å²) in [5, 5.41) is 0. The van der Waals surface area contributed by atoms with E-state index in [2.05, 4.69) is 6.58 Å². The Balaban J connectivity index is 2.50. The number of nitrogens with zero attached hydrogens (tertiary/aromatic N) is 1. The summed E-state index contributed by atoms with van der Waals surface area (Å²) in [7, 11) is 0. The second-order valence-corrected chi connectivity index (χ2v) is 2.75. The molecule has 68 valence electrons. The first-order valence-electron chi connectivity index (χ1n) is 4.04. The Bertz CT molecular complexity index is 182. The fraction of sp³-hybridized carbons (Fsp3) is 0.625. The van der Waals surface area contributed by atoms with E-state index >= 15 is 0 Å². The standard InChI is InChI=1S/C8H14N2O2/c1-2-5-10-7(3-4-9)6-12-8(10)11/h2,7H,1,3-6,9H2. The van der Waals surface area contributed by atoms with Gasteiger partial charge in [-0.25, -0.2) is 4.79 Å². The van der Waals surface area contributed by atoms with E-state index in [-0.39, 0.29) is 12.1 Å². The number of amides is 1. The molecule has 1 atom stereocenters. The van der Waals surface area contributed by atoms with Crippen LogP contribution < -0.4 is 5.73 Å². The predicted octanol–water partition coefficient (Wildman–Crippen LogP) is 0.342. The van der Waals surface area contributed by atoms with E-state index in [1.807, 2.05) is 0 Å². The number of ether oxygens (including phenoxy) is 1. The Morgan fingerprint density at radius 3 is 3.17 bits per heavy atom. The molecule has 4 heteroatoms. The van der Waals surface area contributed by atoms with Crippen LogP contribution in [0.25, 0.3) is 0 Å². The molecule has 1 unspecified atom stereocenters. The lowest BCUT2D eigenvalue weighted by Crippen LogP contribution is -2.34. The van der Waals surface area contributed by atoms with Crippen LogP contribution in [0.3, 0.4) is 0 Å². The van der Waals surface area contributed by atoms with Crippen LogP contribution in [-0.2, 0) is 4.74 Å². The van der Waals surface area contributed by atoms with E-state index in [0.717, 1.165) is 6.42 Å². The minimum Gasteiger partial charge on any atom is -0.447 e. The molecule has 0 saturated carbocycles. The first-order chi connectivity index (χ1) is 5.79. The summed E-state index contributed by atoms with van der Waals surface area (Å²) >= 11 is 0. The summed E-state index contributed by atoms with van der Waals surface area (Å²) in [5.74, 6) is 0. The minimum atomic E-state index is -0.256. The molecule has 0 aromatic carbocycles. The molecule has 12 heavy (non-hydrogen) atoms. The normalized spacial score (nSPS) is 22.6. The monoisotopic (exact) mass is 170 g/mol. The highest BCUT2D eigenvalue weighted by atomic mass is 16.6. The van der Waals surface area contributed by atoms with Gasteiger partial charge in [0, 0.05) is 6.54 Å². The number of hydrogen-bond acceptors (Lipinski definition) is 3. The summed E-state index contributed by atoms with van der Waals surface area (Å²) in [6, 6.07) is 0.139. The Labute approximate surface area is 72.0 Å². The third-order valence-electron chi connectivity index (χ3n) is 1.90. The molecule has 2 N–H and O–H groups in total. The van der Waals surface area contributed by atoms with Gasteiger partial charge in [0.15, 0.2) is 0 Å².